The van der Waals surface area contributed by atoms with Crippen molar-refractivity contribution in [2.45, 2.75) is 24.0 Å². The summed E-state index contributed by atoms with van der Waals surface area (Å²) in [6.07, 6.45) is -1.55. The average Bonchev–Trinajstić information content (AvgIpc) is 2.23. The number of aliphatic hydroxyl groups excluding tert-OH is 1. The highest BCUT2D eigenvalue weighted by molar-refractivity contribution is 9.10. The molecule has 1 aromatic carbocycles. The van der Waals surface area contributed by atoms with Crippen LogP contribution in [0, 0.1) is 11.6 Å². The summed E-state index contributed by atoms with van der Waals surface area (Å²) in [4.78, 5) is 9.88. The molecule has 0 radical (unpaired) electrons. The van der Waals surface area contributed by atoms with Crippen molar-refractivity contribution in [3.8, 4) is 0 Å². The first kappa shape index (κ1) is 17.0. The zero-order valence-corrected chi connectivity index (χ0v) is 12.4. The molecule has 0 saturated carbocycles. The van der Waals surface area contributed by atoms with E-state index in [2.05, 4.69) is 15.9 Å². The zero-order valence-electron chi connectivity index (χ0n) is 9.97. The Bertz CT molecular complexity index is 612. The second kappa shape index (κ2) is 6.12. The maximum Gasteiger partial charge on any atom is 0.324 e. The summed E-state index contributed by atoms with van der Waals surface area (Å²) in [7, 11) is -4.61. The molecular formula is C10H10BrF2NO5S. The lowest BCUT2D eigenvalue weighted by molar-refractivity contribution is -0.141. The predicted octanol–water partition coefficient (Wildman–Crippen LogP) is 0.840. The van der Waals surface area contributed by atoms with Crippen molar-refractivity contribution < 1.29 is 32.2 Å². The largest absolute Gasteiger partial charge is 0.480 e. The van der Waals surface area contributed by atoms with Crippen molar-refractivity contribution in [1.29, 1.82) is 0 Å². The number of hydrogen-bond donors (Lipinski definition) is 3. The first-order valence-corrected chi connectivity index (χ1v) is 7.41. The van der Waals surface area contributed by atoms with Gasteiger partial charge < -0.3 is 10.2 Å². The van der Waals surface area contributed by atoms with E-state index in [0.29, 0.717) is 6.07 Å². The first-order valence-electron chi connectivity index (χ1n) is 5.14. The van der Waals surface area contributed by atoms with Gasteiger partial charge in [-0.3, -0.25) is 4.79 Å². The second-order valence-corrected chi connectivity index (χ2v) is 6.38. The Morgan fingerprint density at radius 1 is 1.40 bits per heavy atom. The minimum Gasteiger partial charge on any atom is -0.480 e. The van der Waals surface area contributed by atoms with Gasteiger partial charge in [-0.2, -0.15) is 4.72 Å². The lowest BCUT2D eigenvalue weighted by atomic mass is 10.2. The molecule has 0 aromatic heterocycles. The Labute approximate surface area is 121 Å². The third-order valence-electron chi connectivity index (χ3n) is 2.26. The van der Waals surface area contributed by atoms with E-state index in [1.807, 2.05) is 0 Å². The van der Waals surface area contributed by atoms with Gasteiger partial charge in [-0.05, 0) is 28.9 Å². The smallest absolute Gasteiger partial charge is 0.324 e. The van der Waals surface area contributed by atoms with Crippen molar-refractivity contribution in [3.05, 3.63) is 28.2 Å². The molecule has 112 valence electrons. The number of halogens is 3. The van der Waals surface area contributed by atoms with Crippen molar-refractivity contribution in [2.75, 3.05) is 0 Å². The molecule has 0 heterocycles. The van der Waals surface area contributed by atoms with E-state index >= 15 is 0 Å². The van der Waals surface area contributed by atoms with Crippen molar-refractivity contribution in [2.24, 2.45) is 0 Å². The lowest BCUT2D eigenvalue weighted by Crippen LogP contribution is -2.47. The molecule has 0 unspecified atom stereocenters. The molecule has 0 bridgehead atoms. The van der Waals surface area contributed by atoms with Gasteiger partial charge in [0, 0.05) is 10.5 Å². The number of aliphatic hydroxyl groups is 1. The van der Waals surface area contributed by atoms with Gasteiger partial charge >= 0.3 is 5.97 Å². The summed E-state index contributed by atoms with van der Waals surface area (Å²) in [5, 5.41) is 18.0. The Balaban J connectivity index is 3.28. The second-order valence-electron chi connectivity index (χ2n) is 3.88. The quantitative estimate of drug-likeness (QED) is 0.709. The van der Waals surface area contributed by atoms with Crippen LogP contribution in [0.1, 0.15) is 6.92 Å². The molecule has 10 heteroatoms. The average molecular weight is 374 g/mol. The number of rotatable bonds is 5. The standard InChI is InChI=1S/C10H10BrF2NO5S/c1-4(15)8(10(16)17)14-20(18,19)9-6(11)2-5(12)3-7(9)13/h2-4,8,14-15H,1H3,(H,16,17)/t4-,8+/m1/s1. The van der Waals surface area contributed by atoms with Crippen LogP contribution in [-0.2, 0) is 14.8 Å². The van der Waals surface area contributed by atoms with E-state index in [1.54, 1.807) is 4.72 Å². The molecule has 20 heavy (non-hydrogen) atoms. The molecule has 1 aromatic rings. The van der Waals surface area contributed by atoms with Gasteiger partial charge in [0.2, 0.25) is 10.0 Å². The molecular weight excluding hydrogens is 364 g/mol. The van der Waals surface area contributed by atoms with Crippen molar-refractivity contribution >= 4 is 31.9 Å². The van der Waals surface area contributed by atoms with Gasteiger partial charge in [0.05, 0.1) is 6.10 Å². The van der Waals surface area contributed by atoms with E-state index < -0.39 is 49.1 Å². The maximum atomic E-state index is 13.6. The lowest BCUT2D eigenvalue weighted by Gasteiger charge is -2.18. The van der Waals surface area contributed by atoms with Crippen LogP contribution in [0.3, 0.4) is 0 Å². The third-order valence-corrected chi connectivity index (χ3v) is 4.67. The molecule has 3 N–H and O–H groups in total. The van der Waals surface area contributed by atoms with Crippen LogP contribution >= 0.6 is 15.9 Å². The van der Waals surface area contributed by atoms with Gasteiger partial charge in [-0.1, -0.05) is 0 Å². The van der Waals surface area contributed by atoms with Crippen LogP contribution in [-0.4, -0.2) is 36.7 Å². The normalized spacial score (nSPS) is 14.8. The van der Waals surface area contributed by atoms with E-state index in [4.69, 9.17) is 5.11 Å². The monoisotopic (exact) mass is 373 g/mol. The number of aliphatic carboxylic acids is 1. The molecule has 0 saturated heterocycles. The van der Waals surface area contributed by atoms with Crippen molar-refractivity contribution in [1.82, 2.24) is 4.72 Å². The number of carboxylic acids is 1. The number of nitrogens with one attached hydrogen (secondary N) is 1. The Kier molecular flexibility index (Phi) is 5.19. The molecule has 2 atom stereocenters. The number of sulfonamides is 1. The molecule has 0 aliphatic carbocycles. The van der Waals surface area contributed by atoms with Crippen LogP contribution in [0.4, 0.5) is 8.78 Å². The fourth-order valence-corrected chi connectivity index (χ4v) is 3.80. The van der Waals surface area contributed by atoms with Gasteiger partial charge in [0.25, 0.3) is 0 Å². The zero-order chi connectivity index (χ0) is 15.7. The summed E-state index contributed by atoms with van der Waals surface area (Å²) in [5.41, 5.74) is 0. The molecule has 0 aliphatic heterocycles. The Morgan fingerprint density at radius 2 is 1.95 bits per heavy atom. The van der Waals surface area contributed by atoms with Crippen LogP contribution in [0.25, 0.3) is 0 Å². The van der Waals surface area contributed by atoms with E-state index in [1.165, 1.54) is 0 Å². The summed E-state index contributed by atoms with van der Waals surface area (Å²) in [5.74, 6) is -4.03. The minimum absolute atomic E-state index is 0.345. The Hall–Kier alpha value is -1.10. The summed E-state index contributed by atoms with van der Waals surface area (Å²) < 4.78 is 51.5. The highest BCUT2D eigenvalue weighted by Crippen LogP contribution is 2.26. The third kappa shape index (κ3) is 3.72. The van der Waals surface area contributed by atoms with Gasteiger partial charge in [0.1, 0.15) is 22.6 Å². The van der Waals surface area contributed by atoms with Crippen LogP contribution in [0.5, 0.6) is 0 Å². The SMILES string of the molecule is C[C@@H](O)[C@H](NS(=O)(=O)c1c(F)cc(F)cc1Br)C(=O)O. The summed E-state index contributed by atoms with van der Waals surface area (Å²) in [6.45, 7) is 1.05. The topological polar surface area (TPSA) is 104 Å². The first-order chi connectivity index (χ1) is 9.06. The fraction of sp³-hybridized carbons (Fsp3) is 0.300. The highest BCUT2D eigenvalue weighted by Gasteiger charge is 2.32. The number of hydrogen-bond acceptors (Lipinski definition) is 4. The molecule has 0 spiro atoms. The molecule has 1 rings (SSSR count). The van der Waals surface area contributed by atoms with Crippen LogP contribution < -0.4 is 4.72 Å². The number of carbonyl (C=O) groups is 1. The van der Waals surface area contributed by atoms with Crippen molar-refractivity contribution in [3.63, 3.8) is 0 Å². The molecule has 6 nitrogen and oxygen atoms in total. The van der Waals surface area contributed by atoms with E-state index in [-0.39, 0.29) is 0 Å². The van der Waals surface area contributed by atoms with E-state index in [0.717, 1.165) is 13.0 Å². The summed E-state index contributed by atoms with van der Waals surface area (Å²) >= 11 is 2.69. The number of benzene rings is 1. The summed E-state index contributed by atoms with van der Waals surface area (Å²) in [6, 6.07) is -0.802. The Morgan fingerprint density at radius 3 is 2.35 bits per heavy atom. The molecule has 0 fully saturated rings. The molecule has 0 amide bonds. The minimum atomic E-state index is -4.61. The fourth-order valence-electron chi connectivity index (χ4n) is 1.37. The maximum absolute atomic E-state index is 13.6. The molecule has 0 aliphatic rings. The van der Waals surface area contributed by atoms with Crippen LogP contribution in [0.15, 0.2) is 21.5 Å². The highest BCUT2D eigenvalue weighted by atomic mass is 79.9. The van der Waals surface area contributed by atoms with Crippen LogP contribution in [0.2, 0.25) is 0 Å². The predicted molar refractivity (Wildman–Crippen MR) is 67.5 cm³/mol. The van der Waals surface area contributed by atoms with Gasteiger partial charge in [-0.25, -0.2) is 17.2 Å². The van der Waals surface area contributed by atoms with Gasteiger partial charge in [0.15, 0.2) is 0 Å². The van der Waals surface area contributed by atoms with Gasteiger partial charge in [-0.15, -0.1) is 0 Å². The number of carboxylic acid groups (broad SMARTS) is 1. The van der Waals surface area contributed by atoms with E-state index in [9.17, 15) is 27.1 Å².